The van der Waals surface area contributed by atoms with Crippen LogP contribution in [0, 0.1) is 10.1 Å². The van der Waals surface area contributed by atoms with Crippen LogP contribution in [-0.2, 0) is 14.7 Å². The number of nitrogens with zero attached hydrogens (tertiary/aromatic N) is 1. The van der Waals surface area contributed by atoms with E-state index >= 15 is 0 Å². The van der Waals surface area contributed by atoms with Crippen LogP contribution >= 0.6 is 0 Å². The summed E-state index contributed by atoms with van der Waals surface area (Å²) in [5.41, 5.74) is 0. The maximum absolute atomic E-state index is 12.6. The van der Waals surface area contributed by atoms with Gasteiger partial charge >= 0.3 is 35.0 Å². The Kier molecular flexibility index (Phi) is 4.38. The Balaban J connectivity index is 5.46. The second-order valence-electron chi connectivity index (χ2n) is 2.89. The Morgan fingerprint density at radius 2 is 1.30 bits per heavy atom. The van der Waals surface area contributed by atoms with Gasteiger partial charge in [0.25, 0.3) is 0 Å². The number of hydrogen-bond donors (Lipinski definition) is 0. The van der Waals surface area contributed by atoms with Crippen molar-refractivity contribution in [1.29, 1.82) is 0 Å². The monoisotopic (exact) mass is 325 g/mol. The molecule has 0 aliphatic carbocycles. The van der Waals surface area contributed by atoms with Crippen molar-refractivity contribution in [1.82, 2.24) is 0 Å². The van der Waals surface area contributed by atoms with Crippen molar-refractivity contribution >= 4 is 5.97 Å². The summed E-state index contributed by atoms with van der Waals surface area (Å²) < 4.78 is 109. The van der Waals surface area contributed by atoms with Crippen LogP contribution in [-0.4, -0.2) is 35.0 Å². The number of carbonyl (C=O) groups excluding carboxylic acids is 1. The van der Waals surface area contributed by atoms with Gasteiger partial charge in [-0.25, -0.2) is 4.79 Å². The third kappa shape index (κ3) is 2.79. The average molecular weight is 325 g/mol. The summed E-state index contributed by atoms with van der Waals surface area (Å²) in [5.74, 6) is -25.2. The molecule has 15 heteroatoms. The van der Waals surface area contributed by atoms with Crippen molar-refractivity contribution in [3.8, 4) is 0 Å². The van der Waals surface area contributed by atoms with E-state index in [9.17, 15) is 54.4 Å². The highest BCUT2D eigenvalue weighted by atomic mass is 19.4. The Bertz CT molecular complexity index is 404. The third-order valence-electron chi connectivity index (χ3n) is 1.57. The molecule has 20 heavy (non-hydrogen) atoms. The summed E-state index contributed by atoms with van der Waals surface area (Å²) in [7, 11) is 0. The largest absolute Gasteiger partial charge is 0.460 e. The number of carbonyl (C=O) groups is 1. The molecule has 0 amide bonds. The van der Waals surface area contributed by atoms with Crippen molar-refractivity contribution in [3.05, 3.63) is 10.1 Å². The van der Waals surface area contributed by atoms with Crippen molar-refractivity contribution in [2.45, 2.75) is 23.9 Å². The van der Waals surface area contributed by atoms with Crippen LogP contribution < -0.4 is 0 Å². The molecule has 0 aromatic rings. The fourth-order valence-electron chi connectivity index (χ4n) is 0.620. The van der Waals surface area contributed by atoms with Crippen molar-refractivity contribution < 1.29 is 59.3 Å². The van der Waals surface area contributed by atoms with Gasteiger partial charge in [0.2, 0.25) is 0 Å². The van der Waals surface area contributed by atoms with Crippen LogP contribution in [0.1, 0.15) is 0 Å². The predicted octanol–water partition coefficient (Wildman–Crippen LogP) is 2.12. The summed E-state index contributed by atoms with van der Waals surface area (Å²) in [6, 6.07) is 0. The first-order valence-electron chi connectivity index (χ1n) is 3.82. The molecule has 0 saturated carbocycles. The maximum Gasteiger partial charge on any atom is 0.460 e. The Labute approximate surface area is 101 Å². The lowest BCUT2D eigenvalue weighted by Crippen LogP contribution is -2.63. The molecule has 0 radical (unpaired) electrons. The summed E-state index contributed by atoms with van der Waals surface area (Å²) in [6.45, 7) is 0. The minimum Gasteiger partial charge on any atom is -0.253 e. The van der Waals surface area contributed by atoms with Crippen LogP contribution in [0.3, 0.4) is 0 Å². The molecule has 0 aromatic carbocycles. The molecule has 0 N–H and O–H groups in total. The second kappa shape index (κ2) is 4.86. The zero-order valence-corrected chi connectivity index (χ0v) is 8.39. The van der Waals surface area contributed by atoms with Gasteiger partial charge < -0.3 is 0 Å². The lowest BCUT2D eigenvalue weighted by atomic mass is 10.0. The lowest BCUT2D eigenvalue weighted by Gasteiger charge is -2.31. The van der Waals surface area contributed by atoms with Gasteiger partial charge in [0.15, 0.2) is 0 Å². The zero-order chi connectivity index (χ0) is 16.6. The number of rotatable bonds is 5. The summed E-state index contributed by atoms with van der Waals surface area (Å²) in [5, 5.41) is 7.25. The van der Waals surface area contributed by atoms with Crippen LogP contribution in [0.5, 0.6) is 0 Å². The molecule has 0 saturated heterocycles. The Morgan fingerprint density at radius 1 is 0.900 bits per heavy atom. The molecular formula is C5F9NO5. The van der Waals surface area contributed by atoms with Crippen molar-refractivity contribution in [2.75, 3.05) is 0 Å². The highest BCUT2D eigenvalue weighted by molar-refractivity contribution is 5.78. The minimum absolute atomic E-state index is 2.13. The van der Waals surface area contributed by atoms with E-state index in [2.05, 4.69) is 9.88 Å². The average Bonchev–Trinajstić information content (AvgIpc) is 2.23. The number of hydrogen-bond acceptors (Lipinski definition) is 5. The van der Waals surface area contributed by atoms with Crippen LogP contribution in [0.15, 0.2) is 0 Å². The zero-order valence-electron chi connectivity index (χ0n) is 8.39. The second-order valence-corrected chi connectivity index (χ2v) is 2.89. The smallest absolute Gasteiger partial charge is 0.253 e. The van der Waals surface area contributed by atoms with E-state index in [0.717, 1.165) is 0 Å². The van der Waals surface area contributed by atoms with Gasteiger partial charge in [-0.3, -0.25) is 4.89 Å². The van der Waals surface area contributed by atoms with E-state index in [0.29, 0.717) is 0 Å². The molecule has 0 bridgehead atoms. The molecule has 0 rings (SSSR count). The van der Waals surface area contributed by atoms with Gasteiger partial charge in [-0.2, -0.15) is 39.5 Å². The predicted molar refractivity (Wildman–Crippen MR) is 35.1 cm³/mol. The molecule has 0 heterocycles. The van der Waals surface area contributed by atoms with Gasteiger partial charge in [0.05, 0.1) is 0 Å². The first-order chi connectivity index (χ1) is 8.59. The molecule has 0 spiro atoms. The van der Waals surface area contributed by atoms with Gasteiger partial charge in [-0.05, 0) is 0 Å². The molecule has 0 unspecified atom stereocenters. The lowest BCUT2D eigenvalue weighted by molar-refractivity contribution is -0.840. The van der Waals surface area contributed by atoms with Crippen molar-refractivity contribution in [2.24, 2.45) is 0 Å². The standard InChI is InChI=1S/C5F9NO5/c6-2(7,1(16)19-20-15(17)18)3(8,9)4(10,11)5(12,13)14. The summed E-state index contributed by atoms with van der Waals surface area (Å²) in [4.78, 5) is 24.4. The maximum atomic E-state index is 12.6. The van der Waals surface area contributed by atoms with E-state index < -0.39 is 35.0 Å². The van der Waals surface area contributed by atoms with Gasteiger partial charge in [-0.1, -0.05) is 4.99 Å². The number of alkyl halides is 9. The summed E-state index contributed by atoms with van der Waals surface area (Å²) >= 11 is 0. The van der Waals surface area contributed by atoms with Crippen LogP contribution in [0.2, 0.25) is 0 Å². The molecule has 0 aromatic heterocycles. The molecule has 118 valence electrons. The topological polar surface area (TPSA) is 78.7 Å². The van der Waals surface area contributed by atoms with Gasteiger partial charge in [0.1, 0.15) is 0 Å². The third-order valence-corrected chi connectivity index (χ3v) is 1.57. The first-order valence-corrected chi connectivity index (χ1v) is 3.82. The SMILES string of the molecule is O=C(OO[N+](=O)[O-])C(F)(F)C(F)(F)C(F)(F)C(F)(F)F. The summed E-state index contributed by atoms with van der Waals surface area (Å²) in [6.07, 6.45) is -7.13. The fraction of sp³-hybridized carbons (Fsp3) is 0.800. The van der Waals surface area contributed by atoms with E-state index in [4.69, 9.17) is 0 Å². The van der Waals surface area contributed by atoms with Gasteiger partial charge in [-0.15, -0.1) is 10.1 Å². The highest BCUT2D eigenvalue weighted by Crippen LogP contribution is 2.53. The Morgan fingerprint density at radius 3 is 1.60 bits per heavy atom. The molecule has 0 atom stereocenters. The minimum atomic E-state index is -7.32. The molecule has 6 nitrogen and oxygen atoms in total. The van der Waals surface area contributed by atoms with E-state index in [1.54, 1.807) is 0 Å². The molecule has 0 fully saturated rings. The normalized spacial score (nSPS) is 13.8. The molecule has 0 aliphatic rings. The van der Waals surface area contributed by atoms with E-state index in [-0.39, 0.29) is 0 Å². The number of halogens is 9. The Hall–Kier alpha value is -1.96. The molecular weight excluding hydrogens is 325 g/mol. The highest BCUT2D eigenvalue weighted by Gasteiger charge is 2.84. The fourth-order valence-corrected chi connectivity index (χ4v) is 0.620. The van der Waals surface area contributed by atoms with Crippen LogP contribution in [0.4, 0.5) is 39.5 Å². The van der Waals surface area contributed by atoms with Gasteiger partial charge in [0, 0.05) is 0 Å². The van der Waals surface area contributed by atoms with E-state index in [1.165, 1.54) is 0 Å². The quantitative estimate of drug-likeness (QED) is 0.335. The first kappa shape index (κ1) is 18.0. The van der Waals surface area contributed by atoms with E-state index in [1.807, 2.05) is 0 Å². The van der Waals surface area contributed by atoms with Crippen LogP contribution in [0.25, 0.3) is 0 Å². The van der Waals surface area contributed by atoms with Crippen molar-refractivity contribution in [3.63, 3.8) is 0 Å². The molecule has 0 aliphatic heterocycles.